The van der Waals surface area contributed by atoms with E-state index in [2.05, 4.69) is 259 Å². The van der Waals surface area contributed by atoms with E-state index in [0.717, 1.165) is 171 Å². The molecule has 0 atom stereocenters. The van der Waals surface area contributed by atoms with E-state index in [4.69, 9.17) is 17.7 Å². The van der Waals surface area contributed by atoms with E-state index in [1.807, 2.05) is 12.2 Å². The van der Waals surface area contributed by atoms with Crippen LogP contribution in [-0.2, 0) is 10.8 Å². The second-order valence-electron chi connectivity index (χ2n) is 24.9. The van der Waals surface area contributed by atoms with Crippen LogP contribution in [0.3, 0.4) is 0 Å². The fourth-order valence-electron chi connectivity index (χ4n) is 13.9. The molecule has 10 aromatic carbocycles. The predicted molar refractivity (Wildman–Crippen MR) is 353 cm³/mol. The van der Waals surface area contributed by atoms with Crippen LogP contribution in [0.2, 0.25) is 0 Å². The second-order valence-corrected chi connectivity index (χ2v) is 24.9. The first-order chi connectivity index (χ1) is 40.7. The van der Waals surface area contributed by atoms with Crippen molar-refractivity contribution in [3.8, 4) is 0 Å². The molecule has 0 radical (unpaired) electrons. The lowest BCUT2D eigenvalue weighted by atomic mass is 9.86. The monoisotopic (exact) mass is 1090 g/mol. The van der Waals surface area contributed by atoms with Gasteiger partial charge < -0.3 is 31.9 Å². The summed E-state index contributed by atoms with van der Waals surface area (Å²) in [7, 11) is 0. The Kier molecular flexibility index (Phi) is 10.5. The quantitative estimate of drug-likeness (QED) is 0.141. The number of aryl methyl sites for hydroxylation is 3. The Morgan fingerprint density at radius 1 is 0.381 bits per heavy atom. The van der Waals surface area contributed by atoms with Crippen LogP contribution in [0, 0.1) is 20.8 Å². The molecule has 0 unspecified atom stereocenters. The van der Waals surface area contributed by atoms with Crippen LogP contribution in [0.15, 0.2) is 212 Å². The molecule has 6 heterocycles. The van der Waals surface area contributed by atoms with E-state index in [9.17, 15) is 0 Å². The Morgan fingerprint density at radius 2 is 0.810 bits per heavy atom. The SMILES string of the molecule is C=C/C=C\c1oc2c(cc(N(c3ccccc3C)c3cccc4c3oc3c(C(C)(C)C)cccc34)c3c4cccc5c6c(N(c7ccccc7C)c7cccc8c7oc7c(C(C)(C)C)cccc78)cc7c8ccccc8oc7c6n(c45)c23)c1C. The van der Waals surface area contributed by atoms with Gasteiger partial charge in [-0.05, 0) is 91.3 Å². The van der Waals surface area contributed by atoms with Gasteiger partial charge in [-0.3, -0.25) is 0 Å². The molecule has 0 spiro atoms. The van der Waals surface area contributed by atoms with Gasteiger partial charge in [-0.15, -0.1) is 0 Å². The Labute approximate surface area is 485 Å². The van der Waals surface area contributed by atoms with Crippen LogP contribution in [0.4, 0.5) is 34.1 Å². The van der Waals surface area contributed by atoms with Crippen molar-refractivity contribution in [1.29, 1.82) is 0 Å². The fourth-order valence-corrected chi connectivity index (χ4v) is 13.9. The number of anilines is 6. The molecule has 16 aromatic rings. The summed E-state index contributed by atoms with van der Waals surface area (Å²) >= 11 is 0. The third kappa shape index (κ3) is 6.93. The van der Waals surface area contributed by atoms with Crippen LogP contribution in [0.1, 0.15) is 75.1 Å². The summed E-state index contributed by atoms with van der Waals surface area (Å²) in [6.45, 7) is 24.2. The molecule has 0 aliphatic rings. The van der Waals surface area contributed by atoms with Crippen LogP contribution in [0.5, 0.6) is 0 Å². The summed E-state index contributed by atoms with van der Waals surface area (Å²) in [5, 5.41) is 11.6. The molecule has 16 rings (SSSR count). The fraction of sp³-hybridized carbons (Fsp3) is 0.143. The van der Waals surface area contributed by atoms with Gasteiger partial charge in [0.05, 0.1) is 28.3 Å². The minimum Gasteiger partial charge on any atom is -0.454 e. The van der Waals surface area contributed by atoms with Gasteiger partial charge in [-0.2, -0.15) is 0 Å². The summed E-state index contributed by atoms with van der Waals surface area (Å²) in [4.78, 5) is 4.88. The number of hydrogen-bond acceptors (Lipinski definition) is 6. The van der Waals surface area contributed by atoms with E-state index in [-0.39, 0.29) is 10.8 Å². The zero-order valence-corrected chi connectivity index (χ0v) is 48.7. The summed E-state index contributed by atoms with van der Waals surface area (Å²) in [5.74, 6) is 0.762. The third-order valence-electron chi connectivity index (χ3n) is 17.8. The Bertz CT molecular complexity index is 5480. The smallest absolute Gasteiger partial charge is 0.160 e. The second kappa shape index (κ2) is 17.8. The van der Waals surface area contributed by atoms with Crippen molar-refractivity contribution in [3.63, 3.8) is 0 Å². The number of nitrogens with zero attached hydrogens (tertiary/aromatic N) is 3. The Morgan fingerprint density at radius 3 is 1.33 bits per heavy atom. The molecular weight excluding hydrogens is 1030 g/mol. The highest BCUT2D eigenvalue weighted by atomic mass is 16.3. The molecule has 0 fully saturated rings. The molecule has 0 bridgehead atoms. The van der Waals surface area contributed by atoms with Crippen molar-refractivity contribution in [2.75, 3.05) is 9.80 Å². The Balaban J connectivity index is 1.10. The molecule has 0 aliphatic carbocycles. The normalized spacial score (nSPS) is 12.8. The van der Waals surface area contributed by atoms with Gasteiger partial charge in [0.1, 0.15) is 33.5 Å². The minimum atomic E-state index is -0.153. The summed E-state index contributed by atoms with van der Waals surface area (Å²) in [6.07, 6.45) is 5.78. The molecule has 0 saturated heterocycles. The van der Waals surface area contributed by atoms with Gasteiger partial charge in [0.2, 0.25) is 0 Å². The molecule has 0 aliphatic heterocycles. The number of para-hydroxylation sites is 8. The van der Waals surface area contributed by atoms with Crippen molar-refractivity contribution < 1.29 is 17.7 Å². The summed E-state index contributed by atoms with van der Waals surface area (Å²) < 4.78 is 31.7. The largest absolute Gasteiger partial charge is 0.454 e. The lowest BCUT2D eigenvalue weighted by molar-refractivity contribution is 0.572. The van der Waals surface area contributed by atoms with Gasteiger partial charge in [0, 0.05) is 87.3 Å². The maximum atomic E-state index is 7.32. The zero-order chi connectivity index (χ0) is 57.2. The Hall–Kier alpha value is -9.98. The van der Waals surface area contributed by atoms with Crippen molar-refractivity contribution in [2.45, 2.75) is 73.1 Å². The molecule has 0 N–H and O–H groups in total. The molecule has 7 nitrogen and oxygen atoms in total. The molecule has 0 saturated carbocycles. The first kappa shape index (κ1) is 49.8. The average Bonchev–Trinajstić information content (AvgIpc) is 1.54. The van der Waals surface area contributed by atoms with Crippen LogP contribution >= 0.6 is 0 Å². The maximum absolute atomic E-state index is 7.32. The topological polar surface area (TPSA) is 63.5 Å². The molecule has 7 heteroatoms. The number of hydrogen-bond donors (Lipinski definition) is 0. The van der Waals surface area contributed by atoms with Crippen LogP contribution in [0.25, 0.3) is 121 Å². The highest BCUT2D eigenvalue weighted by molar-refractivity contribution is 6.36. The van der Waals surface area contributed by atoms with Crippen molar-refractivity contribution >= 4 is 155 Å². The van der Waals surface area contributed by atoms with Crippen LogP contribution in [-0.4, -0.2) is 4.40 Å². The van der Waals surface area contributed by atoms with E-state index in [0.29, 0.717) is 0 Å². The van der Waals surface area contributed by atoms with Crippen molar-refractivity contribution in [2.24, 2.45) is 0 Å². The number of aromatic nitrogens is 1. The molecular formula is C77H61N3O4. The summed E-state index contributed by atoms with van der Waals surface area (Å²) in [6, 6.07) is 63.6. The van der Waals surface area contributed by atoms with Crippen molar-refractivity contribution in [3.05, 3.63) is 228 Å². The standard InChI is InChI=1S/C77H61N3O4/c1-11-12-39-63-45(4)53-41-61(78(57-35-16-13-24-43(57)2)59-37-22-29-49-47-27-20-33-55(76(5,6)7)70(47)83-72(49)59)65-51-31-19-32-52-66-62(42-54-46-26-15-18-40-64(46)82-75(54)69(66)80(67(51)52)68(65)74(53)81-63)79(58-36-17-14-25-44(58)3)60-38-23-30-50-48-28-21-34-56(77(8,9)10)71(48)84-73(50)60/h11-42H,1H2,2-10H3/b39-12-. The van der Waals surface area contributed by atoms with Gasteiger partial charge in [0.25, 0.3) is 0 Å². The summed E-state index contributed by atoms with van der Waals surface area (Å²) in [5.41, 5.74) is 20.0. The molecule has 408 valence electrons. The van der Waals surface area contributed by atoms with Crippen LogP contribution < -0.4 is 9.80 Å². The number of allylic oxidation sites excluding steroid dienone is 2. The first-order valence-electron chi connectivity index (χ1n) is 29.1. The zero-order valence-electron chi connectivity index (χ0n) is 48.7. The third-order valence-corrected chi connectivity index (χ3v) is 17.8. The number of benzene rings is 10. The van der Waals surface area contributed by atoms with E-state index >= 15 is 0 Å². The van der Waals surface area contributed by atoms with Gasteiger partial charge in [-0.1, -0.05) is 194 Å². The number of rotatable bonds is 8. The molecule has 84 heavy (non-hydrogen) atoms. The lowest BCUT2D eigenvalue weighted by Crippen LogP contribution is -2.12. The van der Waals surface area contributed by atoms with Gasteiger partial charge in [-0.25, -0.2) is 0 Å². The lowest BCUT2D eigenvalue weighted by Gasteiger charge is -2.28. The molecule has 0 amide bonds. The maximum Gasteiger partial charge on any atom is 0.160 e. The predicted octanol–water partition coefficient (Wildman–Crippen LogP) is 22.9. The highest BCUT2D eigenvalue weighted by Crippen LogP contribution is 2.56. The highest BCUT2D eigenvalue weighted by Gasteiger charge is 2.34. The average molecular weight is 1090 g/mol. The van der Waals surface area contributed by atoms with Gasteiger partial charge in [0.15, 0.2) is 22.3 Å². The molecule has 6 aromatic heterocycles. The number of furan rings is 4. The van der Waals surface area contributed by atoms with Crippen molar-refractivity contribution in [1.82, 2.24) is 4.40 Å². The number of fused-ring (bicyclic) bond motifs is 18. The minimum absolute atomic E-state index is 0.152. The van der Waals surface area contributed by atoms with E-state index in [1.54, 1.807) is 6.08 Å². The van der Waals surface area contributed by atoms with Gasteiger partial charge >= 0.3 is 0 Å². The van der Waals surface area contributed by atoms with E-state index in [1.165, 1.54) is 11.1 Å². The van der Waals surface area contributed by atoms with E-state index < -0.39 is 0 Å². The first-order valence-corrected chi connectivity index (χ1v) is 29.1.